The van der Waals surface area contributed by atoms with Gasteiger partial charge in [0.05, 0.1) is 0 Å². The lowest BCUT2D eigenvalue weighted by molar-refractivity contribution is -0.317. The minimum Gasteiger partial charge on any atom is -0.424 e. The number of amides is 2. The second kappa shape index (κ2) is 6.60. The molecule has 0 aliphatic carbocycles. The molecular formula is C17H14ClF3N2O3. The van der Waals surface area contributed by atoms with E-state index in [0.717, 1.165) is 11.1 Å². The molecule has 2 aromatic carbocycles. The maximum Gasteiger partial charge on any atom is 0.492 e. The first-order valence-electron chi connectivity index (χ1n) is 7.54. The third kappa shape index (κ3) is 3.65. The predicted octanol–water partition coefficient (Wildman–Crippen LogP) is 4.14. The summed E-state index contributed by atoms with van der Waals surface area (Å²) in [6, 6.07) is 9.85. The van der Waals surface area contributed by atoms with Gasteiger partial charge in [0.15, 0.2) is 11.5 Å². The Morgan fingerprint density at radius 3 is 2.42 bits per heavy atom. The molecule has 5 nitrogen and oxygen atoms in total. The van der Waals surface area contributed by atoms with Gasteiger partial charge < -0.3 is 14.8 Å². The quantitative estimate of drug-likeness (QED) is 0.833. The molecule has 0 radical (unpaired) electrons. The zero-order valence-corrected chi connectivity index (χ0v) is 14.2. The molecule has 9 heteroatoms. The summed E-state index contributed by atoms with van der Waals surface area (Å²) in [6.07, 6.45) is -5.03. The summed E-state index contributed by atoms with van der Waals surface area (Å²) >= 11 is 5.75. The fourth-order valence-corrected chi connectivity index (χ4v) is 2.46. The fraction of sp³-hybridized carbons (Fsp3) is 0.235. The van der Waals surface area contributed by atoms with Gasteiger partial charge in [-0.2, -0.15) is 13.2 Å². The van der Waals surface area contributed by atoms with Crippen molar-refractivity contribution >= 4 is 17.6 Å². The second-order valence-corrected chi connectivity index (χ2v) is 6.14. The zero-order chi connectivity index (χ0) is 18.9. The summed E-state index contributed by atoms with van der Waals surface area (Å²) in [5.41, 5.74) is 1.76. The Labute approximate surface area is 152 Å². The van der Waals surface area contributed by atoms with Crippen molar-refractivity contribution < 1.29 is 27.4 Å². The Hall–Kier alpha value is -2.61. The molecule has 2 amide bonds. The Kier molecular flexibility index (Phi) is 4.62. The minimum atomic E-state index is -5.03. The number of carbonyl (C=O) groups excluding carboxylic acids is 1. The molecule has 0 fully saturated rings. The van der Waals surface area contributed by atoms with Crippen LogP contribution in [0.3, 0.4) is 0 Å². The molecule has 1 unspecified atom stereocenters. The topological polar surface area (TPSA) is 59.6 Å². The molecule has 138 valence electrons. The number of rotatable bonds is 3. The number of hydrogen-bond acceptors (Lipinski definition) is 3. The largest absolute Gasteiger partial charge is 0.492 e. The number of urea groups is 1. The van der Waals surface area contributed by atoms with Crippen LogP contribution in [0.4, 0.5) is 18.0 Å². The summed E-state index contributed by atoms with van der Waals surface area (Å²) < 4.78 is 50.3. The van der Waals surface area contributed by atoms with Crippen LogP contribution in [0.15, 0.2) is 42.5 Å². The van der Waals surface area contributed by atoms with Gasteiger partial charge in [-0.1, -0.05) is 41.4 Å². The molecule has 0 saturated carbocycles. The van der Waals surface area contributed by atoms with E-state index in [2.05, 4.69) is 5.32 Å². The van der Waals surface area contributed by atoms with Gasteiger partial charge in [0.2, 0.25) is 0 Å². The van der Waals surface area contributed by atoms with Crippen molar-refractivity contribution in [1.82, 2.24) is 10.6 Å². The van der Waals surface area contributed by atoms with E-state index < -0.39 is 18.1 Å². The van der Waals surface area contributed by atoms with Crippen LogP contribution in [-0.4, -0.2) is 18.1 Å². The summed E-state index contributed by atoms with van der Waals surface area (Å²) in [6.45, 7) is 1.94. The van der Waals surface area contributed by atoms with E-state index in [-0.39, 0.29) is 23.1 Å². The van der Waals surface area contributed by atoms with E-state index in [0.29, 0.717) is 0 Å². The molecule has 0 spiro atoms. The van der Waals surface area contributed by atoms with Crippen LogP contribution in [0, 0.1) is 6.92 Å². The lowest BCUT2D eigenvalue weighted by Gasteiger charge is -2.29. The number of hydrogen-bond donors (Lipinski definition) is 2. The molecule has 3 rings (SSSR count). The number of halogens is 4. The van der Waals surface area contributed by atoms with Crippen LogP contribution in [0.25, 0.3) is 0 Å². The van der Waals surface area contributed by atoms with Crippen LogP contribution >= 0.6 is 11.6 Å². The van der Waals surface area contributed by atoms with Gasteiger partial charge in [0.1, 0.15) is 0 Å². The Morgan fingerprint density at radius 2 is 1.77 bits per heavy atom. The maximum absolute atomic E-state index is 13.5. The smallest absolute Gasteiger partial charge is 0.424 e. The summed E-state index contributed by atoms with van der Waals surface area (Å²) in [5, 5.41) is 4.24. The van der Waals surface area contributed by atoms with Crippen LogP contribution in [0.5, 0.6) is 11.5 Å². The molecular weight excluding hydrogens is 373 g/mol. The van der Waals surface area contributed by atoms with Gasteiger partial charge in [-0.3, -0.25) is 5.32 Å². The van der Waals surface area contributed by atoms with Gasteiger partial charge in [-0.25, -0.2) is 4.79 Å². The molecule has 2 aromatic rings. The second-order valence-electron chi connectivity index (χ2n) is 5.70. The number of nitrogens with one attached hydrogen (secondary N) is 2. The normalized spacial score (nSPS) is 18.5. The summed E-state index contributed by atoms with van der Waals surface area (Å²) in [5.74, 6) is -3.71. The lowest BCUT2D eigenvalue weighted by Crippen LogP contribution is -2.66. The van der Waals surface area contributed by atoms with E-state index in [1.165, 1.54) is 18.2 Å². The first kappa shape index (κ1) is 18.2. The lowest BCUT2D eigenvalue weighted by atomic mass is 10.1. The van der Waals surface area contributed by atoms with Gasteiger partial charge in [0.25, 0.3) is 0 Å². The van der Waals surface area contributed by atoms with Crippen LogP contribution in [-0.2, 0) is 6.54 Å². The standard InChI is InChI=1S/C17H14ClF3N2O3/c1-10-2-4-11(5-3-10)9-22-15(24)23-17(16(19,20)21)25-13-7-6-12(18)8-14(13)26-17/h2-8H,9H2,1H3,(H2,22,23,24). The third-order valence-electron chi connectivity index (χ3n) is 3.64. The van der Waals surface area contributed by atoms with Gasteiger partial charge in [-0.05, 0) is 24.6 Å². The fourth-order valence-electron chi connectivity index (χ4n) is 2.30. The van der Waals surface area contributed by atoms with E-state index in [1.54, 1.807) is 17.4 Å². The highest BCUT2D eigenvalue weighted by molar-refractivity contribution is 6.30. The van der Waals surface area contributed by atoms with Gasteiger partial charge in [-0.15, -0.1) is 0 Å². The van der Waals surface area contributed by atoms with Crippen LogP contribution in [0.1, 0.15) is 11.1 Å². The number of carbonyl (C=O) groups is 1. The molecule has 1 atom stereocenters. The summed E-state index contributed by atoms with van der Waals surface area (Å²) in [4.78, 5) is 12.0. The van der Waals surface area contributed by atoms with Gasteiger partial charge in [0, 0.05) is 17.6 Å². The number of aryl methyl sites for hydroxylation is 1. The molecule has 26 heavy (non-hydrogen) atoms. The first-order chi connectivity index (χ1) is 12.2. The highest BCUT2D eigenvalue weighted by Gasteiger charge is 2.65. The van der Waals surface area contributed by atoms with Crippen LogP contribution in [0.2, 0.25) is 5.02 Å². The van der Waals surface area contributed by atoms with Crippen molar-refractivity contribution in [1.29, 1.82) is 0 Å². The average Bonchev–Trinajstić information content (AvgIpc) is 2.92. The molecule has 1 heterocycles. The average molecular weight is 387 g/mol. The SMILES string of the molecule is Cc1ccc(CNC(=O)NC2(C(F)(F)F)Oc3ccc(Cl)cc3O2)cc1. The summed E-state index contributed by atoms with van der Waals surface area (Å²) in [7, 11) is 0. The van der Waals surface area contributed by atoms with Crippen molar-refractivity contribution in [2.45, 2.75) is 25.6 Å². The molecule has 0 aromatic heterocycles. The zero-order valence-electron chi connectivity index (χ0n) is 13.5. The Balaban J connectivity index is 1.72. The molecule has 0 saturated heterocycles. The van der Waals surface area contributed by atoms with Crippen molar-refractivity contribution in [2.24, 2.45) is 0 Å². The van der Waals surface area contributed by atoms with Crippen molar-refractivity contribution in [3.63, 3.8) is 0 Å². The van der Waals surface area contributed by atoms with Gasteiger partial charge >= 0.3 is 18.1 Å². The first-order valence-corrected chi connectivity index (χ1v) is 7.92. The molecule has 2 N–H and O–H groups in total. The maximum atomic E-state index is 13.5. The Bertz CT molecular complexity index is 827. The van der Waals surface area contributed by atoms with E-state index in [1.807, 2.05) is 19.1 Å². The monoisotopic (exact) mass is 386 g/mol. The van der Waals surface area contributed by atoms with Crippen molar-refractivity contribution in [2.75, 3.05) is 0 Å². The third-order valence-corrected chi connectivity index (χ3v) is 3.87. The number of ether oxygens (including phenoxy) is 2. The Morgan fingerprint density at radius 1 is 1.12 bits per heavy atom. The minimum absolute atomic E-state index is 0.0405. The number of benzene rings is 2. The van der Waals surface area contributed by atoms with Crippen molar-refractivity contribution in [3.8, 4) is 11.5 Å². The van der Waals surface area contributed by atoms with E-state index in [4.69, 9.17) is 21.1 Å². The van der Waals surface area contributed by atoms with E-state index >= 15 is 0 Å². The van der Waals surface area contributed by atoms with E-state index in [9.17, 15) is 18.0 Å². The number of alkyl halides is 3. The molecule has 0 bridgehead atoms. The van der Waals surface area contributed by atoms with Crippen LogP contribution < -0.4 is 20.1 Å². The molecule has 1 aliphatic rings. The highest BCUT2D eigenvalue weighted by atomic mass is 35.5. The predicted molar refractivity (Wildman–Crippen MR) is 88.0 cm³/mol. The highest BCUT2D eigenvalue weighted by Crippen LogP contribution is 2.46. The van der Waals surface area contributed by atoms with Crippen molar-refractivity contribution in [3.05, 3.63) is 58.6 Å². The number of fused-ring (bicyclic) bond motifs is 1. The molecule has 1 aliphatic heterocycles.